The quantitative estimate of drug-likeness (QED) is 0.286. The maximum absolute atomic E-state index is 13.2. The molecule has 0 aromatic heterocycles. The highest BCUT2D eigenvalue weighted by atomic mass is 31.2. The molecule has 0 radical (unpaired) electrons. The van der Waals surface area contributed by atoms with E-state index in [1.54, 1.807) is 13.8 Å². The Hall–Kier alpha value is -2.82. The fourth-order valence-electron chi connectivity index (χ4n) is 3.69. The van der Waals surface area contributed by atoms with Crippen LogP contribution in [0.25, 0.3) is 0 Å². The monoisotopic (exact) mass is 515 g/mol. The minimum Gasteiger partial charge on any atom is -0.461 e. The van der Waals surface area contributed by atoms with Crippen LogP contribution in [-0.2, 0) is 46.7 Å². The lowest BCUT2D eigenvalue weighted by Crippen LogP contribution is -2.49. The second-order valence-corrected chi connectivity index (χ2v) is 10.0. The van der Waals surface area contributed by atoms with E-state index >= 15 is 0 Å². The number of allylic oxidation sites excluding steroid dienone is 1. The van der Waals surface area contributed by atoms with Gasteiger partial charge in [-0.15, -0.1) is 0 Å². The van der Waals surface area contributed by atoms with E-state index in [2.05, 4.69) is 16.1 Å². The maximum Gasteiger partial charge on any atom is 0.475 e. The first-order chi connectivity index (χ1) is 16.4. The number of ether oxygens (including phenoxy) is 3. The number of alkyl carbamates (subject to hydrolysis) is 1. The van der Waals surface area contributed by atoms with Gasteiger partial charge in [-0.05, 0) is 26.8 Å². The number of hydrogen-bond donors (Lipinski definition) is 1. The average Bonchev–Trinajstić information content (AvgIpc) is 3.08. The molecule has 192 valence electrons. The molecule has 0 spiro atoms. The van der Waals surface area contributed by atoms with Crippen molar-refractivity contribution in [2.24, 2.45) is 5.41 Å². The Morgan fingerprint density at radius 2 is 2.11 bits per heavy atom. The summed E-state index contributed by atoms with van der Waals surface area (Å²) in [5, 5.41) is 12.2. The van der Waals surface area contributed by atoms with Crippen molar-refractivity contribution in [2.45, 2.75) is 57.8 Å². The number of nitrogens with one attached hydrogen (secondary N) is 1. The molecule has 0 saturated carbocycles. The minimum absolute atomic E-state index is 0.314. The number of fused-ring (bicyclic) bond motifs is 1. The van der Waals surface area contributed by atoms with Gasteiger partial charge in [0.25, 0.3) is 0 Å². The van der Waals surface area contributed by atoms with Gasteiger partial charge in [0, 0.05) is 6.20 Å². The number of esters is 1. The summed E-state index contributed by atoms with van der Waals surface area (Å²) in [6.07, 6.45) is -2.60. The first kappa shape index (κ1) is 26.8. The van der Waals surface area contributed by atoms with Gasteiger partial charge in [0.05, 0.1) is 38.9 Å². The van der Waals surface area contributed by atoms with Crippen LogP contribution in [0.5, 0.6) is 0 Å². The van der Waals surface area contributed by atoms with Crippen LogP contribution in [0.15, 0.2) is 12.3 Å². The zero-order valence-electron chi connectivity index (χ0n) is 19.5. The first-order valence-corrected chi connectivity index (χ1v) is 12.1. The molecule has 1 N–H and O–H groups in total. The van der Waals surface area contributed by atoms with Crippen molar-refractivity contribution in [3.63, 3.8) is 0 Å². The van der Waals surface area contributed by atoms with E-state index in [9.17, 15) is 29.0 Å². The Morgan fingerprint density at radius 1 is 1.40 bits per heavy atom. The van der Waals surface area contributed by atoms with Gasteiger partial charge in [-0.2, -0.15) is 5.26 Å². The van der Waals surface area contributed by atoms with Gasteiger partial charge in [0.1, 0.15) is 17.6 Å². The zero-order chi connectivity index (χ0) is 26.0. The average molecular weight is 515 g/mol. The molecule has 3 aliphatic heterocycles. The summed E-state index contributed by atoms with van der Waals surface area (Å²) in [6.45, 7) is 3.68. The van der Waals surface area contributed by atoms with E-state index in [1.807, 2.05) is 0 Å². The molecule has 35 heavy (non-hydrogen) atoms. The Kier molecular flexibility index (Phi) is 7.98. The number of phosphoric ester groups is 1. The van der Waals surface area contributed by atoms with Crippen LogP contribution >= 0.6 is 7.82 Å². The van der Waals surface area contributed by atoms with Crippen LogP contribution in [0.3, 0.4) is 0 Å². The van der Waals surface area contributed by atoms with E-state index in [0.29, 0.717) is 0 Å². The molecule has 0 bridgehead atoms. The molecule has 0 unspecified atom stereocenters. The normalized spacial score (nSPS) is 33.1. The second kappa shape index (κ2) is 10.4. The van der Waals surface area contributed by atoms with Crippen molar-refractivity contribution >= 4 is 31.6 Å². The van der Waals surface area contributed by atoms with Crippen molar-refractivity contribution < 1.29 is 51.5 Å². The minimum atomic E-state index is -4.35. The summed E-state index contributed by atoms with van der Waals surface area (Å²) in [6, 6.07) is 0.653. The van der Waals surface area contributed by atoms with Gasteiger partial charge in [-0.25, -0.2) is 14.2 Å². The lowest BCUT2D eigenvalue weighted by Gasteiger charge is -2.36. The molecule has 0 aromatic carbocycles. The lowest BCUT2D eigenvalue weighted by molar-refractivity contribution is -0.151. The predicted molar refractivity (Wildman–Crippen MR) is 113 cm³/mol. The van der Waals surface area contributed by atoms with Crippen molar-refractivity contribution in [1.82, 2.24) is 10.2 Å². The van der Waals surface area contributed by atoms with E-state index in [1.165, 1.54) is 19.2 Å². The summed E-state index contributed by atoms with van der Waals surface area (Å²) in [5.74, 6) is -1.82. The summed E-state index contributed by atoms with van der Waals surface area (Å²) < 4.78 is 44.7. The number of carbonyl (C=O) groups is 4. The van der Waals surface area contributed by atoms with Crippen molar-refractivity contribution in [2.75, 3.05) is 20.3 Å². The number of carbonyl (C=O) groups excluding carboxylic acids is 4. The number of phosphoric acid groups is 1. The Balaban J connectivity index is 1.75. The van der Waals surface area contributed by atoms with Gasteiger partial charge < -0.3 is 19.5 Å². The molecule has 6 atom stereocenters. The van der Waals surface area contributed by atoms with Gasteiger partial charge in [0.2, 0.25) is 5.91 Å². The molecular weight excluding hydrogens is 489 g/mol. The highest BCUT2D eigenvalue weighted by Gasteiger charge is 2.62. The third-order valence-corrected chi connectivity index (χ3v) is 6.84. The maximum atomic E-state index is 13.2. The fourth-order valence-corrected chi connectivity index (χ4v) is 5.18. The van der Waals surface area contributed by atoms with Gasteiger partial charge in [-0.3, -0.25) is 28.1 Å². The Labute approximate surface area is 201 Å². The lowest BCUT2D eigenvalue weighted by atomic mass is 9.83. The molecule has 3 rings (SSSR count). The van der Waals surface area contributed by atoms with Crippen LogP contribution in [0.4, 0.5) is 4.79 Å². The smallest absolute Gasteiger partial charge is 0.461 e. The SMILES string of the molecule is COC(=O)N[C@H](CO[P@@]1(=O)OC[C@H]2O[C@@H](N3C=CC(=O)CC3=O)[C@](C)(C#N)[C@@H]2O1)C(=O)OC(C)C. The van der Waals surface area contributed by atoms with Crippen LogP contribution in [0.2, 0.25) is 0 Å². The van der Waals surface area contributed by atoms with Crippen LogP contribution < -0.4 is 5.32 Å². The highest BCUT2D eigenvalue weighted by Crippen LogP contribution is 2.59. The van der Waals surface area contributed by atoms with Crippen LogP contribution in [0, 0.1) is 16.7 Å². The standard InChI is InChI=1S/C20H26N3O11P/c1-11(2)32-17(26)13(22-19(27)29-4)8-30-35(28)31-9-14-16(34-35)20(3,10-21)18(33-14)23-6-5-12(24)7-15(23)25/h5-6,11,13-14,16,18H,7-9H2,1-4H3,(H,22,27)/t13-,14-,16-,18-,20-,35+/m1/s1. The third-order valence-electron chi connectivity index (χ3n) is 5.43. The number of nitrogens with zero attached hydrogens (tertiary/aromatic N) is 2. The molecule has 3 heterocycles. The number of rotatable bonds is 7. The summed E-state index contributed by atoms with van der Waals surface area (Å²) in [7, 11) is -3.26. The van der Waals surface area contributed by atoms with Crippen LogP contribution in [0.1, 0.15) is 27.2 Å². The highest BCUT2D eigenvalue weighted by molar-refractivity contribution is 7.48. The third kappa shape index (κ3) is 5.71. The number of methoxy groups -OCH3 is 1. The van der Waals surface area contributed by atoms with Crippen LogP contribution in [-0.4, -0.2) is 79.6 Å². The molecule has 2 amide bonds. The Bertz CT molecular complexity index is 1010. The van der Waals surface area contributed by atoms with E-state index in [4.69, 9.17) is 23.0 Å². The first-order valence-electron chi connectivity index (χ1n) is 10.6. The fraction of sp³-hybridized carbons (Fsp3) is 0.650. The summed E-state index contributed by atoms with van der Waals surface area (Å²) in [5.41, 5.74) is -1.52. The summed E-state index contributed by atoms with van der Waals surface area (Å²) in [4.78, 5) is 48.9. The number of amides is 2. The van der Waals surface area contributed by atoms with Crippen molar-refractivity contribution in [3.05, 3.63) is 12.3 Å². The molecule has 14 nitrogen and oxygen atoms in total. The molecule has 0 aliphatic carbocycles. The van der Waals surface area contributed by atoms with E-state index in [-0.39, 0.29) is 18.8 Å². The predicted octanol–water partition coefficient (Wildman–Crippen LogP) is 0.773. The second-order valence-electron chi connectivity index (χ2n) is 8.42. The molecule has 2 saturated heterocycles. The molecule has 2 fully saturated rings. The number of nitriles is 1. The molecule has 15 heteroatoms. The summed E-state index contributed by atoms with van der Waals surface area (Å²) >= 11 is 0. The molecule has 0 aromatic rings. The van der Waals surface area contributed by atoms with Crippen molar-refractivity contribution in [3.8, 4) is 6.07 Å². The van der Waals surface area contributed by atoms with Gasteiger partial charge in [0.15, 0.2) is 18.1 Å². The topological polar surface area (TPSA) is 180 Å². The van der Waals surface area contributed by atoms with Gasteiger partial charge >= 0.3 is 19.9 Å². The number of hydrogen-bond acceptors (Lipinski definition) is 12. The van der Waals surface area contributed by atoms with E-state index < -0.39 is 68.4 Å². The largest absolute Gasteiger partial charge is 0.475 e. The molecular formula is C20H26N3O11P. The van der Waals surface area contributed by atoms with Gasteiger partial charge in [-0.1, -0.05) is 0 Å². The Morgan fingerprint density at radius 3 is 2.71 bits per heavy atom. The number of ketones is 1. The molecule has 3 aliphatic rings. The van der Waals surface area contributed by atoms with Crippen molar-refractivity contribution in [1.29, 1.82) is 5.26 Å². The van der Waals surface area contributed by atoms with E-state index in [0.717, 1.165) is 12.0 Å². The zero-order valence-corrected chi connectivity index (χ0v) is 20.4.